The van der Waals surface area contributed by atoms with Gasteiger partial charge in [0.15, 0.2) is 0 Å². The number of likely N-dealkylation sites (N-methyl/N-ethyl adjacent to an activating group) is 1. The molecular formula is C29H39FN4O. The van der Waals surface area contributed by atoms with Gasteiger partial charge in [-0.15, -0.1) is 0 Å². The number of nitrogens with two attached hydrogens (primary N) is 1. The lowest BCUT2D eigenvalue weighted by atomic mass is 10.1. The molecule has 35 heavy (non-hydrogen) atoms. The van der Waals surface area contributed by atoms with Gasteiger partial charge in [-0.25, -0.2) is 9.18 Å². The molecule has 2 amide bonds. The molecule has 5 nitrogen and oxygen atoms in total. The van der Waals surface area contributed by atoms with E-state index in [1.807, 2.05) is 13.0 Å². The summed E-state index contributed by atoms with van der Waals surface area (Å²) in [4.78, 5) is 16.8. The van der Waals surface area contributed by atoms with Gasteiger partial charge in [-0.3, -0.25) is 0 Å². The van der Waals surface area contributed by atoms with Crippen LogP contribution in [0.25, 0.3) is 5.57 Å². The summed E-state index contributed by atoms with van der Waals surface area (Å²) in [7, 11) is 4.11. The molecule has 1 aliphatic heterocycles. The molecule has 0 bridgehead atoms. The van der Waals surface area contributed by atoms with Gasteiger partial charge in [0.2, 0.25) is 0 Å². The van der Waals surface area contributed by atoms with Crippen molar-refractivity contribution in [2.24, 2.45) is 5.73 Å². The van der Waals surface area contributed by atoms with Crippen LogP contribution in [0.3, 0.4) is 0 Å². The summed E-state index contributed by atoms with van der Waals surface area (Å²) in [5.41, 5.74) is 13.5. The smallest absolute Gasteiger partial charge is 0.322 e. The molecule has 2 rings (SSSR count). The van der Waals surface area contributed by atoms with E-state index in [-0.39, 0.29) is 11.8 Å². The standard InChI is InChI=1S/C29H39FN4O/c1-8-20(2)15-24(18-33(6)7)16-26-19-34(17-22(26)4)29(35)32-23(5)28(31)14-9-21(3)25-10-12-27(30)13-11-25/h9-16H,5,8,17-19,31H2,1-4,6-7H3,(H,32,35)/b20-15-,21-9+,24-16+,28-14+. The number of rotatable bonds is 9. The minimum atomic E-state index is -0.278. The number of hydrogen-bond donors (Lipinski definition) is 2. The van der Waals surface area contributed by atoms with Crippen molar-refractivity contribution in [3.8, 4) is 0 Å². The Morgan fingerprint density at radius 2 is 1.86 bits per heavy atom. The first-order valence-corrected chi connectivity index (χ1v) is 11.9. The van der Waals surface area contributed by atoms with Crippen molar-refractivity contribution < 1.29 is 9.18 Å². The highest BCUT2D eigenvalue weighted by molar-refractivity contribution is 5.78. The van der Waals surface area contributed by atoms with Crippen LogP contribution in [0.15, 0.2) is 88.8 Å². The molecule has 0 aliphatic carbocycles. The van der Waals surface area contributed by atoms with Gasteiger partial charge >= 0.3 is 6.03 Å². The summed E-state index contributed by atoms with van der Waals surface area (Å²) in [6.45, 7) is 14.1. The molecule has 1 heterocycles. The number of nitrogens with one attached hydrogen (secondary N) is 1. The molecule has 0 unspecified atom stereocenters. The quantitative estimate of drug-likeness (QED) is 0.443. The summed E-state index contributed by atoms with van der Waals surface area (Å²) < 4.78 is 13.1. The van der Waals surface area contributed by atoms with E-state index in [0.717, 1.165) is 29.7 Å². The predicted molar refractivity (Wildman–Crippen MR) is 145 cm³/mol. The van der Waals surface area contributed by atoms with Crippen molar-refractivity contribution >= 4 is 11.6 Å². The van der Waals surface area contributed by atoms with Gasteiger partial charge in [0, 0.05) is 19.6 Å². The molecule has 0 saturated heterocycles. The lowest BCUT2D eigenvalue weighted by molar-refractivity contribution is 0.213. The predicted octanol–water partition coefficient (Wildman–Crippen LogP) is 5.77. The Balaban J connectivity index is 2.04. The zero-order valence-corrected chi connectivity index (χ0v) is 21.9. The molecule has 6 heteroatoms. The van der Waals surface area contributed by atoms with Crippen molar-refractivity contribution in [1.29, 1.82) is 0 Å². The highest BCUT2D eigenvalue weighted by atomic mass is 19.1. The largest absolute Gasteiger partial charge is 0.397 e. The van der Waals surface area contributed by atoms with Crippen LogP contribution in [-0.4, -0.2) is 49.6 Å². The van der Waals surface area contributed by atoms with E-state index >= 15 is 0 Å². The van der Waals surface area contributed by atoms with Crippen LogP contribution in [0.2, 0.25) is 0 Å². The number of benzene rings is 1. The number of hydrogen-bond acceptors (Lipinski definition) is 3. The second-order valence-electron chi connectivity index (χ2n) is 9.35. The van der Waals surface area contributed by atoms with Gasteiger partial charge in [0.25, 0.3) is 0 Å². The Morgan fingerprint density at radius 1 is 1.20 bits per heavy atom. The fourth-order valence-electron chi connectivity index (χ4n) is 3.64. The third kappa shape index (κ3) is 8.72. The van der Waals surface area contributed by atoms with Crippen molar-refractivity contribution in [3.05, 3.63) is 100 Å². The summed E-state index contributed by atoms with van der Waals surface area (Å²) in [5.74, 6) is -0.278. The molecule has 0 saturated carbocycles. The van der Waals surface area contributed by atoms with Crippen LogP contribution in [0.4, 0.5) is 9.18 Å². The van der Waals surface area contributed by atoms with E-state index in [0.29, 0.717) is 24.5 Å². The third-order valence-corrected chi connectivity index (χ3v) is 5.89. The second-order valence-corrected chi connectivity index (χ2v) is 9.35. The topological polar surface area (TPSA) is 61.6 Å². The van der Waals surface area contributed by atoms with Gasteiger partial charge in [0.05, 0.1) is 11.4 Å². The molecule has 0 radical (unpaired) electrons. The van der Waals surface area contributed by atoms with Crippen LogP contribution in [-0.2, 0) is 0 Å². The number of nitrogens with zero attached hydrogens (tertiary/aromatic N) is 2. The van der Waals surface area contributed by atoms with Gasteiger partial charge in [0.1, 0.15) is 5.82 Å². The van der Waals surface area contributed by atoms with Gasteiger partial charge < -0.3 is 20.9 Å². The first-order chi connectivity index (χ1) is 16.5. The molecule has 0 fully saturated rings. The maximum atomic E-state index is 13.1. The van der Waals surface area contributed by atoms with E-state index < -0.39 is 0 Å². The number of urea groups is 1. The number of carbonyl (C=O) groups excluding carboxylic acids is 1. The summed E-state index contributed by atoms with van der Waals surface area (Å²) in [6, 6.07) is 6.01. The molecule has 1 aliphatic rings. The molecular weight excluding hydrogens is 439 g/mol. The monoisotopic (exact) mass is 478 g/mol. The van der Waals surface area contributed by atoms with E-state index in [2.05, 4.69) is 63.8 Å². The lowest BCUT2D eigenvalue weighted by Crippen LogP contribution is -2.39. The summed E-state index contributed by atoms with van der Waals surface area (Å²) >= 11 is 0. The van der Waals surface area contributed by atoms with Crippen LogP contribution < -0.4 is 11.1 Å². The zero-order valence-electron chi connectivity index (χ0n) is 21.9. The first kappa shape index (κ1) is 27.9. The lowest BCUT2D eigenvalue weighted by Gasteiger charge is -2.18. The van der Waals surface area contributed by atoms with E-state index in [1.165, 1.54) is 28.9 Å². The minimum Gasteiger partial charge on any atom is -0.397 e. The Morgan fingerprint density at radius 3 is 2.46 bits per heavy atom. The number of amides is 2. The van der Waals surface area contributed by atoms with Crippen LogP contribution in [0.1, 0.15) is 39.7 Å². The normalized spacial score (nSPS) is 15.8. The Bertz CT molecular complexity index is 1090. The summed E-state index contributed by atoms with van der Waals surface area (Å²) in [5, 5.41) is 2.81. The van der Waals surface area contributed by atoms with Crippen LogP contribution in [0.5, 0.6) is 0 Å². The van der Waals surface area contributed by atoms with Crippen LogP contribution >= 0.6 is 0 Å². The maximum Gasteiger partial charge on any atom is 0.322 e. The van der Waals surface area contributed by atoms with E-state index in [4.69, 9.17) is 5.73 Å². The fraction of sp³-hybridized carbons (Fsp3) is 0.345. The zero-order chi connectivity index (χ0) is 26.1. The Hall–Kier alpha value is -3.38. The van der Waals surface area contributed by atoms with Gasteiger partial charge in [-0.2, -0.15) is 0 Å². The third-order valence-electron chi connectivity index (χ3n) is 5.89. The van der Waals surface area contributed by atoms with E-state index in [9.17, 15) is 9.18 Å². The number of halogens is 1. The highest BCUT2D eigenvalue weighted by Gasteiger charge is 2.23. The fourth-order valence-corrected chi connectivity index (χ4v) is 3.64. The van der Waals surface area contributed by atoms with Crippen molar-refractivity contribution in [3.63, 3.8) is 0 Å². The average Bonchev–Trinajstić information content (AvgIpc) is 3.17. The maximum absolute atomic E-state index is 13.1. The highest BCUT2D eigenvalue weighted by Crippen LogP contribution is 2.21. The van der Waals surface area contributed by atoms with E-state index in [1.54, 1.807) is 23.1 Å². The SMILES string of the molecule is C=C(NC(=O)N1CC(C)=C(/C=C(\C=C(\C)CC)CN(C)C)C1)/C(N)=C\C=C(/C)c1ccc(F)cc1. The number of allylic oxidation sites excluding steroid dienone is 4. The molecule has 0 aromatic heterocycles. The molecule has 3 N–H and O–H groups in total. The Labute approximate surface area is 209 Å². The molecule has 1 aromatic carbocycles. The second kappa shape index (κ2) is 12.9. The van der Waals surface area contributed by atoms with Crippen molar-refractivity contribution in [2.75, 3.05) is 33.7 Å². The Kier molecular flexibility index (Phi) is 10.3. The van der Waals surface area contributed by atoms with Crippen LogP contribution in [0, 0.1) is 5.82 Å². The summed E-state index contributed by atoms with van der Waals surface area (Å²) in [6.07, 6.45) is 8.96. The van der Waals surface area contributed by atoms with Crippen molar-refractivity contribution in [1.82, 2.24) is 15.1 Å². The van der Waals surface area contributed by atoms with Gasteiger partial charge in [-0.1, -0.05) is 49.4 Å². The molecule has 0 atom stereocenters. The minimum absolute atomic E-state index is 0.234. The molecule has 188 valence electrons. The van der Waals surface area contributed by atoms with Crippen molar-refractivity contribution in [2.45, 2.75) is 34.1 Å². The average molecular weight is 479 g/mol. The first-order valence-electron chi connectivity index (χ1n) is 11.9. The molecule has 0 spiro atoms. The molecule has 1 aromatic rings. The number of carbonyl (C=O) groups is 1. The van der Waals surface area contributed by atoms with Gasteiger partial charge in [-0.05, 0) is 87.4 Å².